The monoisotopic (exact) mass is 418 g/mol. The Bertz CT molecular complexity index is 1070. The maximum absolute atomic E-state index is 10.7. The summed E-state index contributed by atoms with van der Waals surface area (Å²) in [5.74, 6) is 0.437. The fraction of sp³-hybridized carbons (Fsp3) is 0.160. The molecule has 0 bridgehead atoms. The average Bonchev–Trinajstić information content (AvgIpc) is 3.19. The highest BCUT2D eigenvalue weighted by Crippen LogP contribution is 2.36. The first-order chi connectivity index (χ1) is 14.7. The number of hydrogen-bond donors (Lipinski definition) is 1. The van der Waals surface area contributed by atoms with Crippen LogP contribution in [0, 0.1) is 0 Å². The van der Waals surface area contributed by atoms with E-state index in [0.29, 0.717) is 11.3 Å². The van der Waals surface area contributed by atoms with Crippen molar-refractivity contribution in [2.45, 2.75) is 11.7 Å². The molecule has 4 nitrogen and oxygen atoms in total. The van der Waals surface area contributed by atoms with Gasteiger partial charge in [-0.15, -0.1) is 11.8 Å². The van der Waals surface area contributed by atoms with Gasteiger partial charge < -0.3 is 14.3 Å². The van der Waals surface area contributed by atoms with Crippen molar-refractivity contribution in [3.63, 3.8) is 0 Å². The summed E-state index contributed by atoms with van der Waals surface area (Å²) < 4.78 is 10.9. The van der Waals surface area contributed by atoms with Crippen LogP contribution in [0.25, 0.3) is 11.0 Å². The first kappa shape index (κ1) is 20.1. The molecule has 0 spiro atoms. The molecule has 3 aromatic carbocycles. The molecule has 1 heterocycles. The van der Waals surface area contributed by atoms with Gasteiger partial charge in [0.25, 0.3) is 0 Å². The van der Waals surface area contributed by atoms with Gasteiger partial charge in [0.05, 0.1) is 11.5 Å². The van der Waals surface area contributed by atoms with E-state index in [2.05, 4.69) is 48.5 Å². The quantitative estimate of drug-likeness (QED) is 0.363. The number of carbonyl (C=O) groups is 1. The van der Waals surface area contributed by atoms with Gasteiger partial charge in [-0.3, -0.25) is 0 Å². The second-order valence-electron chi connectivity index (χ2n) is 6.92. The van der Waals surface area contributed by atoms with E-state index in [1.165, 1.54) is 11.1 Å². The average molecular weight is 419 g/mol. The van der Waals surface area contributed by atoms with Crippen LogP contribution < -0.4 is 4.74 Å². The summed E-state index contributed by atoms with van der Waals surface area (Å²) in [4.78, 5) is 10.7. The summed E-state index contributed by atoms with van der Waals surface area (Å²) in [6.45, 7) is -0.365. The Morgan fingerprint density at radius 3 is 2.27 bits per heavy atom. The van der Waals surface area contributed by atoms with E-state index in [9.17, 15) is 4.79 Å². The van der Waals surface area contributed by atoms with Crippen LogP contribution in [-0.4, -0.2) is 23.4 Å². The Hall–Kier alpha value is -3.18. The molecule has 0 saturated carbocycles. The van der Waals surface area contributed by atoms with Crippen molar-refractivity contribution >= 4 is 28.7 Å². The highest BCUT2D eigenvalue weighted by Gasteiger charge is 2.15. The van der Waals surface area contributed by atoms with E-state index in [0.717, 1.165) is 23.1 Å². The van der Waals surface area contributed by atoms with Crippen molar-refractivity contribution in [1.29, 1.82) is 0 Å². The smallest absolute Gasteiger partial charge is 0.341 e. The fourth-order valence-corrected chi connectivity index (χ4v) is 4.69. The topological polar surface area (TPSA) is 59.7 Å². The predicted octanol–water partition coefficient (Wildman–Crippen LogP) is 5.96. The number of furan rings is 1. The highest BCUT2D eigenvalue weighted by atomic mass is 32.2. The number of aryl methyl sites for hydroxylation is 1. The van der Waals surface area contributed by atoms with Gasteiger partial charge in [-0.2, -0.15) is 0 Å². The van der Waals surface area contributed by atoms with Crippen LogP contribution in [-0.2, 0) is 11.2 Å². The van der Waals surface area contributed by atoms with E-state index < -0.39 is 5.97 Å². The number of ether oxygens (including phenoxy) is 1. The zero-order chi connectivity index (χ0) is 20.8. The molecule has 0 aliphatic carbocycles. The van der Waals surface area contributed by atoms with Crippen molar-refractivity contribution in [1.82, 2.24) is 0 Å². The molecule has 4 aromatic rings. The maximum atomic E-state index is 10.7. The SMILES string of the molecule is O=C(O)COc1ccc2c(CCSC(c3ccccc3)c3ccccc3)coc2c1. The lowest BCUT2D eigenvalue weighted by atomic mass is 10.0. The summed E-state index contributed by atoms with van der Waals surface area (Å²) in [6.07, 6.45) is 2.66. The lowest BCUT2D eigenvalue weighted by molar-refractivity contribution is -0.139. The molecule has 1 N–H and O–H groups in total. The molecule has 0 unspecified atom stereocenters. The third-order valence-corrected chi connectivity index (χ3v) is 6.17. The Labute approximate surface area is 179 Å². The Morgan fingerprint density at radius 1 is 0.967 bits per heavy atom. The molecule has 0 atom stereocenters. The predicted molar refractivity (Wildman–Crippen MR) is 120 cm³/mol. The third kappa shape index (κ3) is 4.86. The summed E-state index contributed by atoms with van der Waals surface area (Å²) in [5, 5.41) is 10.1. The second-order valence-corrected chi connectivity index (χ2v) is 8.14. The molecule has 0 aliphatic rings. The van der Waals surface area contributed by atoms with Crippen LogP contribution in [0.15, 0.2) is 89.5 Å². The van der Waals surface area contributed by atoms with Crippen LogP contribution >= 0.6 is 11.8 Å². The minimum Gasteiger partial charge on any atom is -0.482 e. The van der Waals surface area contributed by atoms with E-state index >= 15 is 0 Å². The number of rotatable bonds is 9. The van der Waals surface area contributed by atoms with Crippen molar-refractivity contribution in [3.8, 4) is 5.75 Å². The van der Waals surface area contributed by atoms with Gasteiger partial charge in [0.2, 0.25) is 0 Å². The number of fused-ring (bicyclic) bond motifs is 1. The summed E-state index contributed by atoms with van der Waals surface area (Å²) >= 11 is 1.92. The van der Waals surface area contributed by atoms with Gasteiger partial charge >= 0.3 is 5.97 Å². The standard InChI is InChI=1S/C25H22O4S/c26-24(27)17-28-21-11-12-22-20(16-29-23(22)15-21)13-14-30-25(18-7-3-1-4-8-18)19-9-5-2-6-10-19/h1-12,15-16,25H,13-14,17H2,(H,26,27). The molecule has 0 saturated heterocycles. The van der Waals surface area contributed by atoms with Crippen molar-refractivity contribution < 1.29 is 19.1 Å². The molecule has 5 heteroatoms. The molecule has 0 radical (unpaired) electrons. The van der Waals surface area contributed by atoms with Gasteiger partial charge in [0, 0.05) is 11.5 Å². The van der Waals surface area contributed by atoms with E-state index in [4.69, 9.17) is 14.3 Å². The van der Waals surface area contributed by atoms with E-state index in [1.54, 1.807) is 18.4 Å². The van der Waals surface area contributed by atoms with Gasteiger partial charge in [0.15, 0.2) is 6.61 Å². The lowest BCUT2D eigenvalue weighted by Gasteiger charge is -2.17. The number of carboxylic acid groups (broad SMARTS) is 1. The third-order valence-electron chi connectivity index (χ3n) is 4.85. The largest absolute Gasteiger partial charge is 0.482 e. The summed E-state index contributed by atoms with van der Waals surface area (Å²) in [7, 11) is 0. The Balaban J connectivity index is 1.45. The molecule has 0 aliphatic heterocycles. The molecular weight excluding hydrogens is 396 g/mol. The van der Waals surface area contributed by atoms with Gasteiger partial charge in [0.1, 0.15) is 11.3 Å². The van der Waals surface area contributed by atoms with Crippen molar-refractivity contribution in [3.05, 3.63) is 102 Å². The first-order valence-electron chi connectivity index (χ1n) is 9.77. The molecule has 30 heavy (non-hydrogen) atoms. The Kier molecular flexibility index (Phi) is 6.40. The first-order valence-corrected chi connectivity index (χ1v) is 10.8. The van der Waals surface area contributed by atoms with Crippen LogP contribution in [0.2, 0.25) is 0 Å². The lowest BCUT2D eigenvalue weighted by Crippen LogP contribution is -2.09. The minimum atomic E-state index is -1.00. The zero-order valence-corrected chi connectivity index (χ0v) is 17.2. The van der Waals surface area contributed by atoms with E-state index in [1.807, 2.05) is 30.0 Å². The second kappa shape index (κ2) is 9.55. The van der Waals surface area contributed by atoms with Crippen LogP contribution in [0.3, 0.4) is 0 Å². The van der Waals surface area contributed by atoms with Gasteiger partial charge in [-0.1, -0.05) is 60.7 Å². The summed E-state index contributed by atoms with van der Waals surface area (Å²) in [6, 6.07) is 26.6. The van der Waals surface area contributed by atoms with Crippen LogP contribution in [0.4, 0.5) is 0 Å². The number of thioether (sulfide) groups is 1. The van der Waals surface area contributed by atoms with E-state index in [-0.39, 0.29) is 11.9 Å². The number of aliphatic carboxylic acids is 1. The van der Waals surface area contributed by atoms with Gasteiger partial charge in [-0.05, 0) is 41.0 Å². The minimum absolute atomic E-state index is 0.279. The summed E-state index contributed by atoms with van der Waals surface area (Å²) in [5.41, 5.74) is 4.44. The zero-order valence-electron chi connectivity index (χ0n) is 16.4. The fourth-order valence-electron chi connectivity index (χ4n) is 3.42. The number of benzene rings is 3. The van der Waals surface area contributed by atoms with Gasteiger partial charge in [-0.25, -0.2) is 4.79 Å². The molecule has 0 amide bonds. The van der Waals surface area contributed by atoms with Crippen molar-refractivity contribution in [2.24, 2.45) is 0 Å². The van der Waals surface area contributed by atoms with Crippen LogP contribution in [0.5, 0.6) is 5.75 Å². The van der Waals surface area contributed by atoms with Crippen LogP contribution in [0.1, 0.15) is 21.9 Å². The number of hydrogen-bond acceptors (Lipinski definition) is 4. The Morgan fingerprint density at radius 2 is 1.63 bits per heavy atom. The molecule has 4 rings (SSSR count). The van der Waals surface area contributed by atoms with Crippen molar-refractivity contribution in [2.75, 3.05) is 12.4 Å². The molecule has 152 valence electrons. The normalized spacial score (nSPS) is 11.1. The molecular formula is C25H22O4S. The maximum Gasteiger partial charge on any atom is 0.341 e. The molecule has 1 aromatic heterocycles. The molecule has 0 fully saturated rings. The number of carboxylic acids is 1. The highest BCUT2D eigenvalue weighted by molar-refractivity contribution is 7.99.